The minimum absolute atomic E-state index is 0.829. The third-order valence-corrected chi connectivity index (χ3v) is 4.23. The zero-order valence-corrected chi connectivity index (χ0v) is 10.7. The van der Waals surface area contributed by atoms with E-state index in [1.165, 1.54) is 29.1 Å². The van der Waals surface area contributed by atoms with Gasteiger partial charge in [0.1, 0.15) is 0 Å². The molecule has 0 saturated carbocycles. The molecular weight excluding hydrogens is 202 g/mol. The van der Waals surface area contributed by atoms with Gasteiger partial charge in [0.05, 0.1) is 0 Å². The summed E-state index contributed by atoms with van der Waals surface area (Å²) in [6.45, 7) is 6.68. The fourth-order valence-electron chi connectivity index (χ4n) is 1.50. The second-order valence-electron chi connectivity index (χ2n) is 4.02. The van der Waals surface area contributed by atoms with E-state index in [2.05, 4.69) is 32.9 Å². The molecule has 1 aromatic carbocycles. The number of anilines is 1. The van der Waals surface area contributed by atoms with Gasteiger partial charge in [-0.2, -0.15) is 0 Å². The average molecular weight is 223 g/mol. The maximum absolute atomic E-state index is 5.79. The van der Waals surface area contributed by atoms with Crippen molar-refractivity contribution in [2.75, 3.05) is 11.5 Å². The molecular formula is C13H21NS. The Morgan fingerprint density at radius 2 is 1.93 bits per heavy atom. The van der Waals surface area contributed by atoms with Crippen LogP contribution in [0.15, 0.2) is 23.1 Å². The van der Waals surface area contributed by atoms with Gasteiger partial charge in [0.2, 0.25) is 0 Å². The van der Waals surface area contributed by atoms with Gasteiger partial charge in [-0.3, -0.25) is 0 Å². The third-order valence-electron chi connectivity index (χ3n) is 2.84. The minimum atomic E-state index is 0.829. The van der Waals surface area contributed by atoms with Crippen molar-refractivity contribution in [1.29, 1.82) is 0 Å². The number of aryl methyl sites for hydroxylation is 1. The molecule has 15 heavy (non-hydrogen) atoms. The van der Waals surface area contributed by atoms with Gasteiger partial charge in [-0.05, 0) is 30.5 Å². The third kappa shape index (κ3) is 3.78. The molecule has 84 valence electrons. The Morgan fingerprint density at radius 3 is 2.53 bits per heavy atom. The lowest BCUT2D eigenvalue weighted by Gasteiger charge is -2.13. The van der Waals surface area contributed by atoms with Crippen LogP contribution < -0.4 is 5.73 Å². The highest BCUT2D eigenvalue weighted by molar-refractivity contribution is 7.99. The van der Waals surface area contributed by atoms with E-state index in [9.17, 15) is 0 Å². The molecule has 2 N–H and O–H groups in total. The lowest BCUT2D eigenvalue weighted by atomic mass is 10.1. The molecule has 0 fully saturated rings. The first-order valence-electron chi connectivity index (χ1n) is 5.66. The number of thioether (sulfide) groups is 1. The van der Waals surface area contributed by atoms with Crippen LogP contribution in [0.1, 0.15) is 32.3 Å². The SMILES string of the molecule is CCC(CC)CSc1cc(N)ccc1C. The van der Waals surface area contributed by atoms with Gasteiger partial charge in [-0.15, -0.1) is 11.8 Å². The van der Waals surface area contributed by atoms with Gasteiger partial charge >= 0.3 is 0 Å². The monoisotopic (exact) mass is 223 g/mol. The first-order chi connectivity index (χ1) is 7.17. The van der Waals surface area contributed by atoms with Gasteiger partial charge in [-0.1, -0.05) is 32.8 Å². The van der Waals surface area contributed by atoms with Crippen molar-refractivity contribution in [3.8, 4) is 0 Å². The maximum atomic E-state index is 5.79. The van der Waals surface area contributed by atoms with Crippen LogP contribution in [-0.2, 0) is 0 Å². The smallest absolute Gasteiger partial charge is 0.0325 e. The summed E-state index contributed by atoms with van der Waals surface area (Å²) < 4.78 is 0. The predicted molar refractivity (Wildman–Crippen MR) is 70.4 cm³/mol. The Kier molecular flexibility index (Phi) is 5.03. The molecule has 1 rings (SSSR count). The summed E-state index contributed by atoms with van der Waals surface area (Å²) in [6.07, 6.45) is 2.54. The Morgan fingerprint density at radius 1 is 1.27 bits per heavy atom. The van der Waals surface area contributed by atoms with Crippen LogP contribution in [-0.4, -0.2) is 5.75 Å². The quantitative estimate of drug-likeness (QED) is 0.600. The molecule has 0 saturated heterocycles. The van der Waals surface area contributed by atoms with Crippen molar-refractivity contribution in [3.05, 3.63) is 23.8 Å². The van der Waals surface area contributed by atoms with Crippen LogP contribution in [0.25, 0.3) is 0 Å². The van der Waals surface area contributed by atoms with Crippen LogP contribution in [0.5, 0.6) is 0 Å². The fourth-order valence-corrected chi connectivity index (χ4v) is 2.91. The lowest BCUT2D eigenvalue weighted by molar-refractivity contribution is 0.554. The Bertz CT molecular complexity index is 305. The zero-order valence-electron chi connectivity index (χ0n) is 9.92. The second kappa shape index (κ2) is 6.06. The number of nitrogen functional groups attached to an aromatic ring is 1. The molecule has 2 heteroatoms. The molecule has 0 aliphatic carbocycles. The Hall–Kier alpha value is -0.630. The van der Waals surface area contributed by atoms with Crippen LogP contribution in [0.2, 0.25) is 0 Å². The molecule has 0 spiro atoms. The summed E-state index contributed by atoms with van der Waals surface area (Å²) in [5.41, 5.74) is 7.99. The van der Waals surface area contributed by atoms with Crippen molar-refractivity contribution in [2.45, 2.75) is 38.5 Å². The fraction of sp³-hybridized carbons (Fsp3) is 0.538. The molecule has 0 heterocycles. The molecule has 0 amide bonds. The highest BCUT2D eigenvalue weighted by atomic mass is 32.2. The first-order valence-corrected chi connectivity index (χ1v) is 6.64. The highest BCUT2D eigenvalue weighted by Gasteiger charge is 2.06. The predicted octanol–water partition coefficient (Wildman–Crippen LogP) is 4.11. The Labute approximate surface area is 97.4 Å². The largest absolute Gasteiger partial charge is 0.399 e. The van der Waals surface area contributed by atoms with Crippen molar-refractivity contribution in [2.24, 2.45) is 5.92 Å². The van der Waals surface area contributed by atoms with Gasteiger partial charge in [-0.25, -0.2) is 0 Å². The summed E-state index contributed by atoms with van der Waals surface area (Å²) in [4.78, 5) is 1.34. The van der Waals surface area contributed by atoms with Crippen LogP contribution >= 0.6 is 11.8 Å². The summed E-state index contributed by atoms with van der Waals surface area (Å²) in [6, 6.07) is 6.16. The summed E-state index contributed by atoms with van der Waals surface area (Å²) >= 11 is 1.94. The van der Waals surface area contributed by atoms with Gasteiger partial charge in [0.25, 0.3) is 0 Å². The van der Waals surface area contributed by atoms with Crippen molar-refractivity contribution >= 4 is 17.4 Å². The van der Waals surface area contributed by atoms with Gasteiger partial charge < -0.3 is 5.73 Å². The molecule has 0 atom stereocenters. The van der Waals surface area contributed by atoms with E-state index < -0.39 is 0 Å². The van der Waals surface area contributed by atoms with Crippen LogP contribution in [0, 0.1) is 12.8 Å². The van der Waals surface area contributed by atoms with Crippen LogP contribution in [0.3, 0.4) is 0 Å². The van der Waals surface area contributed by atoms with Crippen LogP contribution in [0.4, 0.5) is 5.69 Å². The minimum Gasteiger partial charge on any atom is -0.399 e. The molecule has 0 bridgehead atoms. The molecule has 1 nitrogen and oxygen atoms in total. The average Bonchev–Trinajstić information content (AvgIpc) is 2.24. The number of benzene rings is 1. The zero-order chi connectivity index (χ0) is 11.3. The topological polar surface area (TPSA) is 26.0 Å². The van der Waals surface area contributed by atoms with E-state index in [-0.39, 0.29) is 0 Å². The molecule has 0 radical (unpaired) electrons. The van der Waals surface area contributed by atoms with Gasteiger partial charge in [0.15, 0.2) is 0 Å². The Balaban J connectivity index is 2.60. The van der Waals surface area contributed by atoms with Crippen molar-refractivity contribution < 1.29 is 0 Å². The molecule has 1 aromatic rings. The van der Waals surface area contributed by atoms with E-state index in [0.717, 1.165) is 11.6 Å². The summed E-state index contributed by atoms with van der Waals surface area (Å²) in [7, 11) is 0. The van der Waals surface area contributed by atoms with E-state index >= 15 is 0 Å². The van der Waals surface area contributed by atoms with E-state index in [1.54, 1.807) is 0 Å². The normalized spacial score (nSPS) is 10.9. The molecule has 0 aliphatic heterocycles. The number of hydrogen-bond acceptors (Lipinski definition) is 2. The molecule has 0 aromatic heterocycles. The summed E-state index contributed by atoms with van der Waals surface area (Å²) in [5, 5.41) is 0. The number of nitrogens with two attached hydrogens (primary N) is 1. The van der Waals surface area contributed by atoms with E-state index in [4.69, 9.17) is 5.73 Å². The van der Waals surface area contributed by atoms with Gasteiger partial charge in [0, 0.05) is 16.3 Å². The number of rotatable bonds is 5. The first kappa shape index (κ1) is 12.4. The second-order valence-corrected chi connectivity index (χ2v) is 5.08. The van der Waals surface area contributed by atoms with E-state index in [0.29, 0.717) is 0 Å². The number of hydrogen-bond donors (Lipinski definition) is 1. The maximum Gasteiger partial charge on any atom is 0.0325 e. The molecule has 0 unspecified atom stereocenters. The summed E-state index contributed by atoms with van der Waals surface area (Å²) in [5.74, 6) is 2.04. The highest BCUT2D eigenvalue weighted by Crippen LogP contribution is 2.27. The van der Waals surface area contributed by atoms with E-state index in [1.807, 2.05) is 17.8 Å². The van der Waals surface area contributed by atoms with Crippen molar-refractivity contribution in [1.82, 2.24) is 0 Å². The lowest BCUT2D eigenvalue weighted by Crippen LogP contribution is -2.00. The molecule has 0 aliphatic rings. The van der Waals surface area contributed by atoms with Crippen molar-refractivity contribution in [3.63, 3.8) is 0 Å². The standard InChI is InChI=1S/C13H21NS/c1-4-11(5-2)9-15-13-8-12(14)7-6-10(13)3/h6-8,11H,4-5,9,14H2,1-3H3.